The number of hydrogen-bond acceptors (Lipinski definition) is 5. The summed E-state index contributed by atoms with van der Waals surface area (Å²) in [5, 5.41) is 10.8. The molecule has 2 aromatic rings. The van der Waals surface area contributed by atoms with Crippen LogP contribution < -0.4 is 5.32 Å². The number of fused-ring (bicyclic) bond motifs is 2. The molecule has 1 fully saturated rings. The molecule has 2 N–H and O–H groups in total. The molecule has 32 heavy (non-hydrogen) atoms. The van der Waals surface area contributed by atoms with E-state index in [4.69, 9.17) is 4.74 Å². The summed E-state index contributed by atoms with van der Waals surface area (Å²) in [7, 11) is 3.49. The summed E-state index contributed by atoms with van der Waals surface area (Å²) in [6, 6.07) is 5.97. The normalized spacial score (nSPS) is 20.3. The smallest absolute Gasteiger partial charge is 0.274 e. The van der Waals surface area contributed by atoms with Crippen LogP contribution in [0.4, 0.5) is 5.69 Å². The number of likely N-dealkylation sites (N-methyl/N-ethyl adjacent to an activating group) is 1. The minimum atomic E-state index is -0.260. The minimum Gasteiger partial charge on any atom is -0.382 e. The van der Waals surface area contributed by atoms with Crippen LogP contribution in [0.5, 0.6) is 0 Å². The zero-order chi connectivity index (χ0) is 22.5. The molecule has 1 aromatic carbocycles. The highest BCUT2D eigenvalue weighted by atomic mass is 16.5. The molecule has 1 atom stereocenters. The Morgan fingerprint density at radius 1 is 1.31 bits per heavy atom. The first kappa shape index (κ1) is 21.0. The molecule has 2 amide bonds. The molecule has 3 heterocycles. The third kappa shape index (κ3) is 3.37. The van der Waals surface area contributed by atoms with Gasteiger partial charge >= 0.3 is 0 Å². The van der Waals surface area contributed by atoms with Gasteiger partial charge in [-0.1, -0.05) is 19.1 Å². The van der Waals surface area contributed by atoms with Gasteiger partial charge in [0.05, 0.1) is 12.1 Å². The van der Waals surface area contributed by atoms with Gasteiger partial charge in [0.15, 0.2) is 5.69 Å². The Bertz CT molecular complexity index is 1060. The third-order valence-corrected chi connectivity index (χ3v) is 7.39. The number of aromatic amines is 1. The van der Waals surface area contributed by atoms with E-state index in [1.54, 1.807) is 12.0 Å². The van der Waals surface area contributed by atoms with Gasteiger partial charge in [-0.05, 0) is 36.5 Å². The molecule has 0 spiro atoms. The second-order valence-corrected chi connectivity index (χ2v) is 9.26. The lowest BCUT2D eigenvalue weighted by molar-refractivity contribution is -0.132. The van der Waals surface area contributed by atoms with Crippen LogP contribution in [0.15, 0.2) is 18.2 Å². The summed E-state index contributed by atoms with van der Waals surface area (Å²) in [5.41, 5.74) is 5.62. The van der Waals surface area contributed by atoms with Gasteiger partial charge < -0.3 is 19.9 Å². The van der Waals surface area contributed by atoms with E-state index in [2.05, 4.69) is 28.5 Å². The fourth-order valence-electron chi connectivity index (χ4n) is 5.18. The van der Waals surface area contributed by atoms with E-state index in [-0.39, 0.29) is 23.4 Å². The molecule has 2 aliphatic heterocycles. The van der Waals surface area contributed by atoms with Crippen molar-refractivity contribution in [2.45, 2.75) is 57.2 Å². The molecular weight excluding hydrogens is 406 g/mol. The molecule has 0 radical (unpaired) electrons. The SMILES string of the molecule is CCc1cccc2c1CC(C(=O)N1CCc3[nH]nc(C(=O)N(C)C4(COC)CC4)c3C1)N2. The van der Waals surface area contributed by atoms with Crippen LogP contribution in [-0.2, 0) is 35.3 Å². The Labute approximate surface area is 188 Å². The van der Waals surface area contributed by atoms with E-state index in [1.165, 1.54) is 11.1 Å². The summed E-state index contributed by atoms with van der Waals surface area (Å²) in [5.74, 6) is -0.0229. The molecule has 170 valence electrons. The Hall–Kier alpha value is -2.87. The number of aromatic nitrogens is 2. The van der Waals surface area contributed by atoms with E-state index in [0.717, 1.165) is 36.2 Å². The highest BCUT2D eigenvalue weighted by Gasteiger charge is 2.49. The fraction of sp³-hybridized carbons (Fsp3) is 0.542. The number of amides is 2. The summed E-state index contributed by atoms with van der Waals surface area (Å²) >= 11 is 0. The lowest BCUT2D eigenvalue weighted by Gasteiger charge is -2.31. The molecule has 1 aromatic heterocycles. The van der Waals surface area contributed by atoms with E-state index < -0.39 is 0 Å². The summed E-state index contributed by atoms with van der Waals surface area (Å²) in [6.45, 7) is 3.70. The number of H-pyrrole nitrogens is 1. The number of carbonyl (C=O) groups excluding carboxylic acids is 2. The molecular formula is C24H31N5O3. The topological polar surface area (TPSA) is 90.6 Å². The molecule has 0 bridgehead atoms. The van der Waals surface area contributed by atoms with Gasteiger partial charge in [0, 0.05) is 57.0 Å². The first-order chi connectivity index (χ1) is 15.5. The maximum absolute atomic E-state index is 13.4. The maximum atomic E-state index is 13.4. The standard InChI is InChI=1S/C24H31N5O3/c1-4-15-6-5-7-18-16(15)12-20(25-18)22(30)29-11-8-19-17(13-29)21(27-26-19)23(31)28(2)24(9-10-24)14-32-3/h5-7,20,25H,4,8-14H2,1-3H3,(H,26,27). The zero-order valence-electron chi connectivity index (χ0n) is 19.0. The van der Waals surface area contributed by atoms with Gasteiger partial charge in [0.1, 0.15) is 6.04 Å². The van der Waals surface area contributed by atoms with Crippen LogP contribution >= 0.6 is 0 Å². The Morgan fingerprint density at radius 2 is 2.12 bits per heavy atom. The summed E-state index contributed by atoms with van der Waals surface area (Å²) < 4.78 is 5.34. The second kappa shape index (κ2) is 7.92. The predicted octanol–water partition coefficient (Wildman–Crippen LogP) is 2.14. The van der Waals surface area contributed by atoms with Gasteiger partial charge in [-0.15, -0.1) is 0 Å². The second-order valence-electron chi connectivity index (χ2n) is 9.26. The van der Waals surface area contributed by atoms with Crippen molar-refractivity contribution in [1.29, 1.82) is 0 Å². The van der Waals surface area contributed by atoms with Crippen molar-refractivity contribution < 1.29 is 14.3 Å². The fourth-order valence-corrected chi connectivity index (χ4v) is 5.18. The van der Waals surface area contributed by atoms with Crippen LogP contribution in [0, 0.1) is 0 Å². The summed E-state index contributed by atoms with van der Waals surface area (Å²) in [6.07, 6.45) is 4.22. The monoisotopic (exact) mass is 437 g/mol. The number of ether oxygens (including phenoxy) is 1. The number of methoxy groups -OCH3 is 1. The molecule has 1 aliphatic carbocycles. The number of nitrogens with one attached hydrogen (secondary N) is 2. The number of hydrogen-bond donors (Lipinski definition) is 2. The Morgan fingerprint density at radius 3 is 2.84 bits per heavy atom. The Kier molecular flexibility index (Phi) is 5.20. The minimum absolute atomic E-state index is 0.0832. The third-order valence-electron chi connectivity index (χ3n) is 7.39. The van der Waals surface area contributed by atoms with E-state index in [9.17, 15) is 9.59 Å². The first-order valence-electron chi connectivity index (χ1n) is 11.5. The van der Waals surface area contributed by atoms with Crippen LogP contribution in [0.3, 0.4) is 0 Å². The van der Waals surface area contributed by atoms with Gasteiger partial charge in [-0.25, -0.2) is 0 Å². The highest BCUT2D eigenvalue weighted by Crippen LogP contribution is 2.42. The number of rotatable bonds is 6. The lowest BCUT2D eigenvalue weighted by atomic mass is 9.99. The zero-order valence-corrected chi connectivity index (χ0v) is 19.0. The molecule has 3 aliphatic rings. The maximum Gasteiger partial charge on any atom is 0.274 e. The number of aryl methyl sites for hydroxylation is 1. The number of nitrogens with zero attached hydrogens (tertiary/aromatic N) is 3. The van der Waals surface area contributed by atoms with Gasteiger partial charge in [-0.3, -0.25) is 14.7 Å². The molecule has 8 heteroatoms. The molecule has 0 saturated heterocycles. The van der Waals surface area contributed by atoms with Crippen LogP contribution in [0.25, 0.3) is 0 Å². The largest absolute Gasteiger partial charge is 0.382 e. The first-order valence-corrected chi connectivity index (χ1v) is 11.5. The van der Waals surface area contributed by atoms with Crippen LogP contribution in [0.1, 0.15) is 52.6 Å². The summed E-state index contributed by atoms with van der Waals surface area (Å²) in [4.78, 5) is 30.3. The van der Waals surface area contributed by atoms with Crippen molar-refractivity contribution in [2.24, 2.45) is 0 Å². The van der Waals surface area contributed by atoms with Crippen molar-refractivity contribution in [3.63, 3.8) is 0 Å². The Balaban J connectivity index is 1.32. The van der Waals surface area contributed by atoms with Crippen LogP contribution in [-0.4, -0.2) is 70.7 Å². The lowest BCUT2D eigenvalue weighted by Crippen LogP contribution is -2.45. The van der Waals surface area contributed by atoms with Crippen molar-refractivity contribution in [3.8, 4) is 0 Å². The van der Waals surface area contributed by atoms with Crippen molar-refractivity contribution in [1.82, 2.24) is 20.0 Å². The van der Waals surface area contributed by atoms with E-state index in [1.807, 2.05) is 24.1 Å². The van der Waals surface area contributed by atoms with Crippen molar-refractivity contribution >= 4 is 17.5 Å². The number of benzene rings is 1. The molecule has 1 unspecified atom stereocenters. The average Bonchev–Trinajstić information content (AvgIpc) is 3.27. The number of anilines is 1. The van der Waals surface area contributed by atoms with Crippen LogP contribution in [0.2, 0.25) is 0 Å². The van der Waals surface area contributed by atoms with Crippen molar-refractivity contribution in [3.05, 3.63) is 46.3 Å². The molecule has 1 saturated carbocycles. The van der Waals surface area contributed by atoms with Crippen molar-refractivity contribution in [2.75, 3.05) is 32.6 Å². The quantitative estimate of drug-likeness (QED) is 0.723. The molecule has 8 nitrogen and oxygen atoms in total. The number of carbonyl (C=O) groups is 2. The van der Waals surface area contributed by atoms with E-state index >= 15 is 0 Å². The predicted molar refractivity (Wildman–Crippen MR) is 121 cm³/mol. The van der Waals surface area contributed by atoms with Gasteiger partial charge in [0.25, 0.3) is 5.91 Å². The van der Waals surface area contributed by atoms with Gasteiger partial charge in [-0.2, -0.15) is 5.10 Å². The molecule has 5 rings (SSSR count). The highest BCUT2D eigenvalue weighted by molar-refractivity contribution is 5.95. The van der Waals surface area contributed by atoms with Gasteiger partial charge in [0.2, 0.25) is 5.91 Å². The van der Waals surface area contributed by atoms with E-state index in [0.29, 0.717) is 38.2 Å². The average molecular weight is 438 g/mol.